The number of carbonyl (C=O) groups is 1. The first-order valence-corrected chi connectivity index (χ1v) is 13.4. The van der Waals surface area contributed by atoms with Crippen molar-refractivity contribution in [2.75, 3.05) is 18.8 Å². The standard InChI is InChI=1S/C23H21Cl2NO4S2/c24-18-5-1-16(2-6-18)22(17-3-7-19(25)8-4-17)26-11-15(12-26)13-32(29,30)14-20-9-10-21(31-20)23(27)28/h1-10,15,22H,11-14H2,(H,27,28). The van der Waals surface area contributed by atoms with Gasteiger partial charge in [-0.1, -0.05) is 47.5 Å². The lowest BCUT2D eigenvalue weighted by atomic mass is 9.91. The van der Waals surface area contributed by atoms with Gasteiger partial charge in [0.2, 0.25) is 0 Å². The Morgan fingerprint density at radius 1 is 0.969 bits per heavy atom. The summed E-state index contributed by atoms with van der Waals surface area (Å²) in [4.78, 5) is 14.0. The maximum Gasteiger partial charge on any atom is 0.345 e. The number of hydrogen-bond acceptors (Lipinski definition) is 5. The molecule has 2 aromatic carbocycles. The van der Waals surface area contributed by atoms with Gasteiger partial charge >= 0.3 is 5.97 Å². The van der Waals surface area contributed by atoms with Gasteiger partial charge in [0.05, 0.1) is 17.5 Å². The van der Waals surface area contributed by atoms with Crippen molar-refractivity contribution in [3.05, 3.63) is 91.6 Å². The van der Waals surface area contributed by atoms with E-state index in [1.54, 1.807) is 6.07 Å². The molecule has 1 aromatic heterocycles. The van der Waals surface area contributed by atoms with Crippen LogP contribution in [-0.2, 0) is 15.6 Å². The summed E-state index contributed by atoms with van der Waals surface area (Å²) in [6.45, 7) is 1.31. The van der Waals surface area contributed by atoms with Crippen molar-refractivity contribution in [1.29, 1.82) is 0 Å². The molecule has 1 fully saturated rings. The zero-order chi connectivity index (χ0) is 22.9. The van der Waals surface area contributed by atoms with Gasteiger partial charge in [-0.15, -0.1) is 11.3 Å². The fourth-order valence-electron chi connectivity index (χ4n) is 4.04. The summed E-state index contributed by atoms with van der Waals surface area (Å²) in [6, 6.07) is 18.4. The topological polar surface area (TPSA) is 74.7 Å². The Hall–Kier alpha value is -1.90. The fraction of sp³-hybridized carbons (Fsp3) is 0.261. The summed E-state index contributed by atoms with van der Waals surface area (Å²) >= 11 is 13.1. The van der Waals surface area contributed by atoms with Crippen LogP contribution in [-0.4, -0.2) is 43.2 Å². The van der Waals surface area contributed by atoms with Crippen LogP contribution in [0.2, 0.25) is 10.0 Å². The number of sulfone groups is 1. The predicted octanol–water partition coefficient (Wildman–Crippen LogP) is 5.39. The monoisotopic (exact) mass is 509 g/mol. The van der Waals surface area contributed by atoms with Crippen LogP contribution < -0.4 is 0 Å². The number of carboxylic acid groups (broad SMARTS) is 1. The van der Waals surface area contributed by atoms with E-state index in [9.17, 15) is 13.2 Å². The Morgan fingerprint density at radius 2 is 1.50 bits per heavy atom. The van der Waals surface area contributed by atoms with E-state index >= 15 is 0 Å². The normalized spacial score (nSPS) is 15.1. The van der Waals surface area contributed by atoms with E-state index in [0.717, 1.165) is 22.5 Å². The van der Waals surface area contributed by atoms with Gasteiger partial charge in [-0.2, -0.15) is 0 Å². The number of rotatable bonds is 8. The van der Waals surface area contributed by atoms with Crippen LogP contribution in [0.3, 0.4) is 0 Å². The van der Waals surface area contributed by atoms with E-state index in [0.29, 0.717) is 28.0 Å². The van der Waals surface area contributed by atoms with E-state index in [1.165, 1.54) is 6.07 Å². The molecule has 0 aliphatic carbocycles. The Morgan fingerprint density at radius 3 is 1.97 bits per heavy atom. The van der Waals surface area contributed by atoms with Crippen molar-refractivity contribution in [3.63, 3.8) is 0 Å². The first-order chi connectivity index (χ1) is 15.2. The molecule has 5 nitrogen and oxygen atoms in total. The molecule has 1 saturated heterocycles. The molecule has 0 spiro atoms. The van der Waals surface area contributed by atoms with Gasteiger partial charge in [0, 0.05) is 28.0 Å². The summed E-state index contributed by atoms with van der Waals surface area (Å²) in [5, 5.41) is 10.4. The molecule has 4 rings (SSSR count). The van der Waals surface area contributed by atoms with Gasteiger partial charge in [-0.3, -0.25) is 4.90 Å². The van der Waals surface area contributed by atoms with E-state index in [4.69, 9.17) is 28.3 Å². The van der Waals surface area contributed by atoms with Crippen LogP contribution in [0.1, 0.15) is 31.7 Å². The quantitative estimate of drug-likeness (QED) is 0.440. The largest absolute Gasteiger partial charge is 0.477 e. The van der Waals surface area contributed by atoms with Crippen LogP contribution >= 0.6 is 34.5 Å². The maximum atomic E-state index is 12.7. The third-order valence-corrected chi connectivity index (χ3v) is 8.94. The van der Waals surface area contributed by atoms with Crippen molar-refractivity contribution in [2.24, 2.45) is 5.92 Å². The summed E-state index contributed by atoms with van der Waals surface area (Å²) in [7, 11) is -3.34. The molecular formula is C23H21Cl2NO4S2. The van der Waals surface area contributed by atoms with Crippen molar-refractivity contribution in [2.45, 2.75) is 11.8 Å². The van der Waals surface area contributed by atoms with Crippen molar-refractivity contribution in [1.82, 2.24) is 4.90 Å². The summed E-state index contributed by atoms with van der Waals surface area (Å²) in [5.41, 5.74) is 2.16. The number of thiophene rings is 1. The van der Waals surface area contributed by atoms with Gasteiger partial charge in [0.15, 0.2) is 9.84 Å². The van der Waals surface area contributed by atoms with Gasteiger partial charge < -0.3 is 5.11 Å². The third-order valence-electron chi connectivity index (χ3n) is 5.45. The van der Waals surface area contributed by atoms with Crippen LogP contribution in [0.25, 0.3) is 0 Å². The number of aromatic carboxylic acids is 1. The van der Waals surface area contributed by atoms with Gasteiger partial charge in [-0.25, -0.2) is 13.2 Å². The summed E-state index contributed by atoms with van der Waals surface area (Å²) < 4.78 is 25.4. The minimum Gasteiger partial charge on any atom is -0.477 e. The van der Waals surface area contributed by atoms with E-state index in [1.807, 2.05) is 48.5 Å². The SMILES string of the molecule is O=C(O)c1ccc(CS(=O)(=O)CC2CN(C(c3ccc(Cl)cc3)c3ccc(Cl)cc3)C2)s1. The van der Waals surface area contributed by atoms with E-state index < -0.39 is 15.8 Å². The Labute approximate surface area is 201 Å². The van der Waals surface area contributed by atoms with Crippen molar-refractivity contribution < 1.29 is 18.3 Å². The molecule has 0 atom stereocenters. The summed E-state index contributed by atoms with van der Waals surface area (Å²) in [5.74, 6) is -1.05. The van der Waals surface area contributed by atoms with Crippen LogP contribution in [0.5, 0.6) is 0 Å². The molecule has 0 amide bonds. The Kier molecular flexibility index (Phi) is 6.93. The lowest BCUT2D eigenvalue weighted by molar-refractivity contribution is 0.0702. The number of likely N-dealkylation sites (tertiary alicyclic amines) is 1. The first kappa shape index (κ1) is 23.3. The second kappa shape index (κ2) is 9.53. The van der Waals surface area contributed by atoms with Crippen molar-refractivity contribution >= 4 is 50.3 Å². The molecular weight excluding hydrogens is 489 g/mol. The minimum atomic E-state index is -3.34. The molecule has 1 N–H and O–H groups in total. The van der Waals surface area contributed by atoms with Crippen LogP contribution in [0, 0.1) is 5.92 Å². The van der Waals surface area contributed by atoms with Gasteiger partial charge in [-0.05, 0) is 53.4 Å². The second-order valence-electron chi connectivity index (χ2n) is 7.95. The number of nitrogens with zero attached hydrogens (tertiary/aromatic N) is 1. The molecule has 32 heavy (non-hydrogen) atoms. The summed E-state index contributed by atoms with van der Waals surface area (Å²) in [6.07, 6.45) is 0. The highest BCUT2D eigenvalue weighted by Gasteiger charge is 2.36. The molecule has 168 valence electrons. The Balaban J connectivity index is 1.44. The molecule has 1 aliphatic heterocycles. The predicted molar refractivity (Wildman–Crippen MR) is 129 cm³/mol. The first-order valence-electron chi connectivity index (χ1n) is 9.97. The average molecular weight is 510 g/mol. The smallest absolute Gasteiger partial charge is 0.345 e. The third kappa shape index (κ3) is 5.53. The average Bonchev–Trinajstić information content (AvgIpc) is 3.17. The molecule has 9 heteroatoms. The van der Waals surface area contributed by atoms with Crippen LogP contribution in [0.15, 0.2) is 60.7 Å². The van der Waals surface area contributed by atoms with Gasteiger partial charge in [0.1, 0.15) is 4.88 Å². The number of carboxylic acids is 1. The zero-order valence-corrected chi connectivity index (χ0v) is 20.1. The molecule has 1 aliphatic rings. The fourth-order valence-corrected chi connectivity index (χ4v) is 7.28. The lowest BCUT2D eigenvalue weighted by Crippen LogP contribution is -2.51. The maximum absolute atomic E-state index is 12.7. The van der Waals surface area contributed by atoms with Crippen molar-refractivity contribution in [3.8, 4) is 0 Å². The highest BCUT2D eigenvalue weighted by atomic mass is 35.5. The number of benzene rings is 2. The van der Waals surface area contributed by atoms with E-state index in [2.05, 4.69) is 4.90 Å². The number of hydrogen-bond donors (Lipinski definition) is 1. The second-order valence-corrected chi connectivity index (χ2v) is 12.1. The molecule has 0 bridgehead atoms. The Bertz CT molecular complexity index is 1160. The van der Waals surface area contributed by atoms with Crippen LogP contribution in [0.4, 0.5) is 0 Å². The molecule has 0 saturated carbocycles. The zero-order valence-electron chi connectivity index (χ0n) is 16.9. The van der Waals surface area contributed by atoms with E-state index in [-0.39, 0.29) is 28.3 Å². The highest BCUT2D eigenvalue weighted by Crippen LogP contribution is 2.36. The molecule has 2 heterocycles. The van der Waals surface area contributed by atoms with Gasteiger partial charge in [0.25, 0.3) is 0 Å². The lowest BCUT2D eigenvalue weighted by Gasteiger charge is -2.44. The minimum absolute atomic E-state index is 0.0149. The molecule has 0 unspecified atom stereocenters. The highest BCUT2D eigenvalue weighted by molar-refractivity contribution is 7.90. The number of halogens is 2. The molecule has 0 radical (unpaired) electrons. The molecule has 3 aromatic rings.